The van der Waals surface area contributed by atoms with Crippen LogP contribution in [0.2, 0.25) is 0 Å². The molecule has 0 saturated heterocycles. The summed E-state index contributed by atoms with van der Waals surface area (Å²) in [7, 11) is 0. The minimum atomic E-state index is -5.44. The zero-order valence-electron chi connectivity index (χ0n) is 10.7. The van der Waals surface area contributed by atoms with Crippen LogP contribution in [0.4, 0.5) is 26.3 Å². The SMILES string of the molecule is Cc1cc2c(s1)-c1sc(C)cc1C2(C(F)(F)F)C(F)(F)F. The normalized spacial score (nSPS) is 17.0. The first kappa shape index (κ1) is 14.9. The van der Waals surface area contributed by atoms with Crippen molar-refractivity contribution < 1.29 is 26.3 Å². The largest absolute Gasteiger partial charge is 0.411 e. The van der Waals surface area contributed by atoms with Gasteiger partial charge in [0.2, 0.25) is 5.41 Å². The van der Waals surface area contributed by atoms with Gasteiger partial charge in [-0.15, -0.1) is 22.7 Å². The molecule has 1 aliphatic carbocycles. The first-order valence-corrected chi connectivity index (χ1v) is 7.49. The monoisotopic (exact) mass is 342 g/mol. The number of aryl methyl sites for hydroxylation is 2. The van der Waals surface area contributed by atoms with Crippen LogP contribution in [0.3, 0.4) is 0 Å². The van der Waals surface area contributed by atoms with Crippen molar-refractivity contribution in [3.63, 3.8) is 0 Å². The van der Waals surface area contributed by atoms with Crippen molar-refractivity contribution >= 4 is 22.7 Å². The number of thiophene rings is 2. The van der Waals surface area contributed by atoms with Crippen LogP contribution in [0.5, 0.6) is 0 Å². The Labute approximate surface area is 124 Å². The maximum absolute atomic E-state index is 13.6. The van der Waals surface area contributed by atoms with Crippen LogP contribution >= 0.6 is 22.7 Å². The third kappa shape index (κ3) is 1.69. The number of halogens is 6. The van der Waals surface area contributed by atoms with Gasteiger partial charge < -0.3 is 0 Å². The van der Waals surface area contributed by atoms with Gasteiger partial charge in [-0.05, 0) is 26.0 Å². The molecule has 0 atom stereocenters. The van der Waals surface area contributed by atoms with Crippen molar-refractivity contribution in [1.29, 1.82) is 0 Å². The van der Waals surface area contributed by atoms with Gasteiger partial charge in [-0.3, -0.25) is 0 Å². The summed E-state index contributed by atoms with van der Waals surface area (Å²) in [6.45, 7) is 3.03. The summed E-state index contributed by atoms with van der Waals surface area (Å²) in [5.74, 6) is 0. The fraction of sp³-hybridized carbons (Fsp3) is 0.385. The molecular formula is C13H8F6S2. The summed E-state index contributed by atoms with van der Waals surface area (Å²) in [4.78, 5) is 1.06. The molecule has 114 valence electrons. The molecule has 2 heterocycles. The number of fused-ring (bicyclic) bond motifs is 3. The number of hydrogen-bond acceptors (Lipinski definition) is 2. The quantitative estimate of drug-likeness (QED) is 0.529. The van der Waals surface area contributed by atoms with Gasteiger partial charge in [0.25, 0.3) is 0 Å². The third-order valence-corrected chi connectivity index (χ3v) is 5.84. The molecule has 0 N–H and O–H groups in total. The van der Waals surface area contributed by atoms with Gasteiger partial charge in [-0.25, -0.2) is 0 Å². The molecular weight excluding hydrogens is 334 g/mol. The Balaban J connectivity index is 2.49. The fourth-order valence-corrected chi connectivity index (χ4v) is 5.14. The first-order valence-electron chi connectivity index (χ1n) is 5.86. The summed E-state index contributed by atoms with van der Waals surface area (Å²) in [6.07, 6.45) is -10.9. The Bertz CT molecular complexity index is 654. The average molecular weight is 342 g/mol. The van der Waals surface area contributed by atoms with E-state index in [4.69, 9.17) is 0 Å². The van der Waals surface area contributed by atoms with E-state index in [-0.39, 0.29) is 9.75 Å². The van der Waals surface area contributed by atoms with E-state index in [9.17, 15) is 26.3 Å². The van der Waals surface area contributed by atoms with Crippen molar-refractivity contribution in [3.05, 3.63) is 33.0 Å². The van der Waals surface area contributed by atoms with E-state index in [0.717, 1.165) is 34.8 Å². The molecule has 0 fully saturated rings. The summed E-state index contributed by atoms with van der Waals surface area (Å²) in [5.41, 5.74) is -5.25. The maximum atomic E-state index is 13.6. The Morgan fingerprint density at radius 2 is 1.10 bits per heavy atom. The van der Waals surface area contributed by atoms with Crippen molar-refractivity contribution in [1.82, 2.24) is 0 Å². The highest BCUT2D eigenvalue weighted by atomic mass is 32.1. The smallest absolute Gasteiger partial charge is 0.169 e. The molecule has 0 saturated carbocycles. The van der Waals surface area contributed by atoms with Gasteiger partial charge in [-0.1, -0.05) is 0 Å². The van der Waals surface area contributed by atoms with Gasteiger partial charge >= 0.3 is 12.4 Å². The average Bonchev–Trinajstić information content (AvgIpc) is 2.84. The van der Waals surface area contributed by atoms with Crippen molar-refractivity contribution in [2.24, 2.45) is 0 Å². The maximum Gasteiger partial charge on any atom is 0.411 e. The number of rotatable bonds is 0. The van der Waals surface area contributed by atoms with E-state index < -0.39 is 28.9 Å². The second-order valence-corrected chi connectivity index (χ2v) is 7.46. The van der Waals surface area contributed by atoms with E-state index in [1.807, 2.05) is 0 Å². The molecule has 3 rings (SSSR count). The predicted molar refractivity (Wildman–Crippen MR) is 70.0 cm³/mol. The van der Waals surface area contributed by atoms with E-state index >= 15 is 0 Å². The van der Waals surface area contributed by atoms with E-state index in [0.29, 0.717) is 9.75 Å². The van der Waals surface area contributed by atoms with Crippen molar-refractivity contribution in [2.75, 3.05) is 0 Å². The van der Waals surface area contributed by atoms with E-state index in [1.165, 1.54) is 13.8 Å². The highest BCUT2D eigenvalue weighted by molar-refractivity contribution is 7.22. The van der Waals surface area contributed by atoms with Gasteiger partial charge in [0, 0.05) is 30.6 Å². The van der Waals surface area contributed by atoms with Gasteiger partial charge in [-0.2, -0.15) is 26.3 Å². The third-order valence-electron chi connectivity index (χ3n) is 3.58. The summed E-state index contributed by atoms with van der Waals surface area (Å²) in [6, 6.07) is 2.03. The topological polar surface area (TPSA) is 0 Å². The van der Waals surface area contributed by atoms with Gasteiger partial charge in [0.15, 0.2) is 0 Å². The van der Waals surface area contributed by atoms with Crippen LogP contribution in [0, 0.1) is 13.8 Å². The Hall–Kier alpha value is -1.02. The highest BCUT2D eigenvalue weighted by Gasteiger charge is 2.76. The second kappa shape index (κ2) is 4.04. The molecule has 8 heteroatoms. The lowest BCUT2D eigenvalue weighted by Crippen LogP contribution is -2.53. The number of hydrogen-bond donors (Lipinski definition) is 0. The zero-order valence-corrected chi connectivity index (χ0v) is 12.4. The van der Waals surface area contributed by atoms with Crippen LogP contribution in [0.25, 0.3) is 9.75 Å². The molecule has 0 aromatic carbocycles. The van der Waals surface area contributed by atoms with E-state index in [1.54, 1.807) is 0 Å². The Kier molecular flexibility index (Phi) is 2.86. The second-order valence-electron chi connectivity index (χ2n) is 4.95. The summed E-state index contributed by atoms with van der Waals surface area (Å²) >= 11 is 1.96. The van der Waals surface area contributed by atoms with Crippen LogP contribution < -0.4 is 0 Å². The number of alkyl halides is 6. The molecule has 2 aromatic heterocycles. The lowest BCUT2D eigenvalue weighted by atomic mass is 9.77. The Morgan fingerprint density at radius 3 is 1.38 bits per heavy atom. The molecule has 0 radical (unpaired) electrons. The molecule has 0 spiro atoms. The first-order chi connectivity index (χ1) is 9.50. The molecule has 21 heavy (non-hydrogen) atoms. The molecule has 2 aromatic rings. The lowest BCUT2D eigenvalue weighted by Gasteiger charge is -2.34. The summed E-state index contributed by atoms with van der Waals surface area (Å²) in [5, 5.41) is 0. The zero-order chi connectivity index (χ0) is 15.8. The van der Waals surface area contributed by atoms with Crippen LogP contribution in [-0.2, 0) is 5.41 Å². The molecule has 0 aliphatic heterocycles. The molecule has 0 unspecified atom stereocenters. The fourth-order valence-electron chi connectivity index (χ4n) is 2.84. The minimum absolute atomic E-state index is 0.0928. The van der Waals surface area contributed by atoms with Gasteiger partial charge in [0.05, 0.1) is 0 Å². The van der Waals surface area contributed by atoms with Crippen LogP contribution in [-0.4, -0.2) is 12.4 Å². The molecule has 0 nitrogen and oxygen atoms in total. The van der Waals surface area contributed by atoms with Crippen LogP contribution in [0.15, 0.2) is 12.1 Å². The van der Waals surface area contributed by atoms with E-state index in [2.05, 4.69) is 0 Å². The molecule has 0 amide bonds. The molecule has 1 aliphatic rings. The van der Waals surface area contributed by atoms with Crippen molar-refractivity contribution in [3.8, 4) is 9.75 Å². The predicted octanol–water partition coefficient (Wildman–Crippen LogP) is 5.82. The van der Waals surface area contributed by atoms with Crippen molar-refractivity contribution in [2.45, 2.75) is 31.6 Å². The molecule has 0 bridgehead atoms. The lowest BCUT2D eigenvalue weighted by molar-refractivity contribution is -0.287. The summed E-state index contributed by atoms with van der Waals surface area (Å²) < 4.78 is 81.5. The minimum Gasteiger partial charge on any atom is -0.169 e. The van der Waals surface area contributed by atoms with Crippen LogP contribution in [0.1, 0.15) is 20.9 Å². The standard InChI is InChI=1S/C13H8F6S2/c1-5-3-7-9(20-5)10-8(4-6(2)21-10)11(7,12(14,15)16)13(17,18)19/h3-4H,1-2H3. The Morgan fingerprint density at radius 1 is 0.762 bits per heavy atom. The van der Waals surface area contributed by atoms with Gasteiger partial charge in [0.1, 0.15) is 0 Å². The highest BCUT2D eigenvalue weighted by Crippen LogP contribution is 2.66.